The molecule has 108 valence electrons. The summed E-state index contributed by atoms with van der Waals surface area (Å²) < 4.78 is -0.165. The van der Waals surface area contributed by atoms with Crippen LogP contribution in [0.15, 0.2) is 30.5 Å². The van der Waals surface area contributed by atoms with Crippen LogP contribution in [-0.2, 0) is 0 Å². The lowest BCUT2D eigenvalue weighted by Gasteiger charge is -2.41. The van der Waals surface area contributed by atoms with E-state index in [1.807, 2.05) is 38.1 Å². The first kappa shape index (κ1) is 15.0. The summed E-state index contributed by atoms with van der Waals surface area (Å²) in [6.45, 7) is 6.27. The van der Waals surface area contributed by atoms with Gasteiger partial charge in [-0.1, -0.05) is 11.6 Å². The van der Waals surface area contributed by atoms with Crippen molar-refractivity contribution in [3.05, 3.63) is 40.7 Å². The Morgan fingerprint density at radius 2 is 2.00 bits per heavy atom. The third-order valence-corrected chi connectivity index (χ3v) is 3.93. The van der Waals surface area contributed by atoms with E-state index in [4.69, 9.17) is 11.6 Å². The van der Waals surface area contributed by atoms with Gasteiger partial charge in [-0.15, -0.1) is 0 Å². The molecule has 20 heavy (non-hydrogen) atoms. The zero-order valence-electron chi connectivity index (χ0n) is 11.9. The monoisotopic (exact) mass is 293 g/mol. The van der Waals surface area contributed by atoms with Crippen molar-refractivity contribution >= 4 is 28.2 Å². The number of benzene rings is 1. The van der Waals surface area contributed by atoms with Crippen LogP contribution < -0.4 is 5.32 Å². The van der Waals surface area contributed by atoms with Gasteiger partial charge in [0.1, 0.15) is 0 Å². The van der Waals surface area contributed by atoms with Crippen LogP contribution in [0.3, 0.4) is 0 Å². The lowest BCUT2D eigenvalue weighted by molar-refractivity contribution is -0.875. The number of nitrogens with zero attached hydrogens (tertiary/aromatic N) is 2. The van der Waals surface area contributed by atoms with Crippen molar-refractivity contribution in [3.63, 3.8) is 0 Å². The molecular weight excluding hydrogens is 274 g/mol. The molecule has 5 heteroatoms. The number of hydrogen-bond donors (Lipinski definition) is 1. The molecule has 0 saturated carbocycles. The molecule has 1 N–H and O–H groups in total. The molecule has 0 aliphatic carbocycles. The summed E-state index contributed by atoms with van der Waals surface area (Å²) in [5.41, 5.74) is 1.85. The minimum Gasteiger partial charge on any atom is -0.633 e. The molecule has 1 heterocycles. The summed E-state index contributed by atoms with van der Waals surface area (Å²) in [7, 11) is 0. The predicted octanol–water partition coefficient (Wildman–Crippen LogP) is 3.65. The Balaban J connectivity index is 2.11. The molecular formula is C15H20ClN3O. The fourth-order valence-corrected chi connectivity index (χ4v) is 2.38. The SMILES string of the molecule is CC[N+]([O-])(CC)CCNc1ccnc2cc(Cl)ccc12. The third-order valence-electron chi connectivity index (χ3n) is 3.69. The minimum atomic E-state index is -0.165. The molecule has 0 atom stereocenters. The van der Waals surface area contributed by atoms with Crippen LogP contribution in [0.2, 0.25) is 5.02 Å². The molecule has 2 aromatic rings. The highest BCUT2D eigenvalue weighted by Gasteiger charge is 2.11. The standard InChI is InChI=1S/C15H20ClN3O/c1-3-19(20,4-2)10-9-18-14-7-8-17-15-11-12(16)5-6-13(14)15/h5-8,11H,3-4,9-10H2,1-2H3,(H,17,18). The van der Waals surface area contributed by atoms with Gasteiger partial charge in [0.25, 0.3) is 0 Å². The second-order valence-electron chi connectivity index (χ2n) is 4.86. The van der Waals surface area contributed by atoms with Crippen LogP contribution in [-0.4, -0.2) is 35.8 Å². The number of aromatic nitrogens is 1. The zero-order valence-corrected chi connectivity index (χ0v) is 12.7. The van der Waals surface area contributed by atoms with Gasteiger partial charge in [0.05, 0.1) is 31.7 Å². The van der Waals surface area contributed by atoms with Crippen LogP contribution in [0, 0.1) is 5.21 Å². The molecule has 0 aliphatic heterocycles. The Kier molecular flexibility index (Phi) is 4.81. The fourth-order valence-electron chi connectivity index (χ4n) is 2.21. The summed E-state index contributed by atoms with van der Waals surface area (Å²) in [5.74, 6) is 0. The number of hydroxylamine groups is 3. The van der Waals surface area contributed by atoms with Crippen LogP contribution in [0.1, 0.15) is 13.8 Å². The van der Waals surface area contributed by atoms with Gasteiger partial charge in [0.15, 0.2) is 0 Å². The van der Waals surface area contributed by atoms with Crippen LogP contribution in [0.25, 0.3) is 10.9 Å². The summed E-state index contributed by atoms with van der Waals surface area (Å²) in [6, 6.07) is 7.57. The molecule has 0 unspecified atom stereocenters. The first-order chi connectivity index (χ1) is 9.58. The molecule has 0 bridgehead atoms. The molecule has 0 amide bonds. The highest BCUT2D eigenvalue weighted by Crippen LogP contribution is 2.24. The maximum absolute atomic E-state index is 12.2. The molecule has 2 rings (SSSR count). The van der Waals surface area contributed by atoms with Crippen molar-refractivity contribution in [1.82, 2.24) is 4.98 Å². The van der Waals surface area contributed by atoms with E-state index in [2.05, 4.69) is 10.3 Å². The number of likely N-dealkylation sites (N-methyl/N-ethyl adjacent to an activating group) is 1. The van der Waals surface area contributed by atoms with Crippen molar-refractivity contribution in [1.29, 1.82) is 0 Å². The quantitative estimate of drug-likeness (QED) is 0.653. The number of rotatable bonds is 6. The Hall–Kier alpha value is -1.36. The van der Waals surface area contributed by atoms with Crippen LogP contribution in [0.4, 0.5) is 5.69 Å². The number of fused-ring (bicyclic) bond motifs is 1. The van der Waals surface area contributed by atoms with Crippen LogP contribution in [0.5, 0.6) is 0 Å². The number of anilines is 1. The summed E-state index contributed by atoms with van der Waals surface area (Å²) >= 11 is 5.97. The molecule has 0 fully saturated rings. The highest BCUT2D eigenvalue weighted by atomic mass is 35.5. The van der Waals surface area contributed by atoms with Gasteiger partial charge >= 0.3 is 0 Å². The van der Waals surface area contributed by atoms with E-state index in [0.29, 0.717) is 31.2 Å². The van der Waals surface area contributed by atoms with Gasteiger partial charge in [-0.05, 0) is 38.1 Å². The first-order valence-corrected chi connectivity index (χ1v) is 7.31. The largest absolute Gasteiger partial charge is 0.633 e. The van der Waals surface area contributed by atoms with Crippen LogP contribution >= 0.6 is 11.6 Å². The second-order valence-corrected chi connectivity index (χ2v) is 5.30. The average molecular weight is 294 g/mol. The number of quaternary nitrogens is 1. The Morgan fingerprint density at radius 1 is 1.25 bits per heavy atom. The highest BCUT2D eigenvalue weighted by molar-refractivity contribution is 6.31. The van der Waals surface area contributed by atoms with Gasteiger partial charge in [-0.3, -0.25) is 4.98 Å². The number of hydrogen-bond acceptors (Lipinski definition) is 3. The van der Waals surface area contributed by atoms with Gasteiger partial charge in [0.2, 0.25) is 0 Å². The lowest BCUT2D eigenvalue weighted by atomic mass is 10.2. The predicted molar refractivity (Wildman–Crippen MR) is 84.8 cm³/mol. The maximum Gasteiger partial charge on any atom is 0.0959 e. The zero-order chi connectivity index (χ0) is 14.6. The summed E-state index contributed by atoms with van der Waals surface area (Å²) in [5, 5.41) is 17.2. The Bertz CT molecular complexity index is 584. The van der Waals surface area contributed by atoms with E-state index in [9.17, 15) is 5.21 Å². The number of nitrogens with one attached hydrogen (secondary N) is 1. The van der Waals surface area contributed by atoms with Crippen molar-refractivity contribution in [2.75, 3.05) is 31.5 Å². The maximum atomic E-state index is 12.2. The lowest BCUT2D eigenvalue weighted by Crippen LogP contribution is -2.44. The van der Waals surface area contributed by atoms with E-state index >= 15 is 0 Å². The smallest absolute Gasteiger partial charge is 0.0959 e. The molecule has 0 radical (unpaired) electrons. The van der Waals surface area contributed by atoms with E-state index in [-0.39, 0.29) is 4.65 Å². The van der Waals surface area contributed by atoms with E-state index in [0.717, 1.165) is 16.6 Å². The van der Waals surface area contributed by atoms with Crippen molar-refractivity contribution < 1.29 is 4.65 Å². The van der Waals surface area contributed by atoms with E-state index < -0.39 is 0 Å². The number of pyridine rings is 1. The molecule has 1 aromatic carbocycles. The van der Waals surface area contributed by atoms with E-state index in [1.165, 1.54) is 0 Å². The molecule has 0 saturated heterocycles. The van der Waals surface area contributed by atoms with Gasteiger partial charge in [0, 0.05) is 22.3 Å². The second kappa shape index (κ2) is 6.39. The van der Waals surface area contributed by atoms with Gasteiger partial charge in [-0.25, -0.2) is 0 Å². The molecule has 1 aromatic heterocycles. The fraction of sp³-hybridized carbons (Fsp3) is 0.400. The molecule has 4 nitrogen and oxygen atoms in total. The number of halogens is 1. The average Bonchev–Trinajstić information content (AvgIpc) is 2.47. The summed E-state index contributed by atoms with van der Waals surface area (Å²) in [4.78, 5) is 4.30. The normalized spacial score (nSPS) is 11.8. The first-order valence-electron chi connectivity index (χ1n) is 6.93. The van der Waals surface area contributed by atoms with Gasteiger partial charge < -0.3 is 15.2 Å². The Morgan fingerprint density at radius 3 is 2.70 bits per heavy atom. The van der Waals surface area contributed by atoms with Crippen molar-refractivity contribution in [3.8, 4) is 0 Å². The molecule has 0 aliphatic rings. The van der Waals surface area contributed by atoms with Gasteiger partial charge in [-0.2, -0.15) is 0 Å². The van der Waals surface area contributed by atoms with E-state index in [1.54, 1.807) is 6.20 Å². The van der Waals surface area contributed by atoms with Crippen molar-refractivity contribution in [2.24, 2.45) is 0 Å². The van der Waals surface area contributed by atoms with Crippen molar-refractivity contribution in [2.45, 2.75) is 13.8 Å². The minimum absolute atomic E-state index is 0.165. The Labute approximate surface area is 124 Å². The topological polar surface area (TPSA) is 48.0 Å². The third kappa shape index (κ3) is 3.39. The molecule has 0 spiro atoms. The summed E-state index contributed by atoms with van der Waals surface area (Å²) in [6.07, 6.45) is 1.75.